The monoisotopic (exact) mass is 201 g/mol. The molecule has 0 spiro atoms. The van der Waals surface area contributed by atoms with Gasteiger partial charge in [-0.25, -0.2) is 0 Å². The highest BCUT2D eigenvalue weighted by Gasteiger charge is 2.24. The summed E-state index contributed by atoms with van der Waals surface area (Å²) >= 11 is 0. The predicted octanol–water partition coefficient (Wildman–Crippen LogP) is 3.40. The van der Waals surface area contributed by atoms with Crippen molar-refractivity contribution in [2.45, 2.75) is 20.8 Å². The zero-order valence-electron chi connectivity index (χ0n) is 9.29. The summed E-state index contributed by atoms with van der Waals surface area (Å²) in [5.41, 5.74) is 1.50. The molecule has 0 bridgehead atoms. The molecule has 1 heterocycles. The van der Waals surface area contributed by atoms with Crippen molar-refractivity contribution < 1.29 is 4.79 Å². The van der Waals surface area contributed by atoms with Crippen molar-refractivity contribution in [3.05, 3.63) is 36.0 Å². The molecule has 2 heteroatoms. The van der Waals surface area contributed by atoms with Gasteiger partial charge in [0.05, 0.1) is 0 Å². The van der Waals surface area contributed by atoms with Gasteiger partial charge in [-0.1, -0.05) is 32.9 Å². The summed E-state index contributed by atoms with van der Waals surface area (Å²) in [6.45, 7) is 5.84. The van der Waals surface area contributed by atoms with Crippen molar-refractivity contribution >= 4 is 16.7 Å². The van der Waals surface area contributed by atoms with Crippen molar-refractivity contribution in [3.8, 4) is 0 Å². The molecule has 0 saturated carbocycles. The average molecular weight is 201 g/mol. The third-order valence-corrected chi connectivity index (χ3v) is 2.52. The fourth-order valence-electron chi connectivity index (χ4n) is 1.69. The molecule has 1 aromatic heterocycles. The Morgan fingerprint density at radius 2 is 1.93 bits per heavy atom. The number of nitrogens with one attached hydrogen (secondary N) is 1. The van der Waals surface area contributed by atoms with E-state index in [1.807, 2.05) is 51.2 Å². The average Bonchev–Trinajstić information content (AvgIpc) is 2.62. The number of aromatic nitrogens is 1. The Kier molecular flexibility index (Phi) is 2.14. The molecule has 0 amide bonds. The Morgan fingerprint density at radius 3 is 2.60 bits per heavy atom. The van der Waals surface area contributed by atoms with Crippen LogP contribution in [-0.2, 0) is 0 Å². The van der Waals surface area contributed by atoms with E-state index in [0.717, 1.165) is 16.5 Å². The molecule has 0 aliphatic rings. The van der Waals surface area contributed by atoms with Gasteiger partial charge in [0.25, 0.3) is 0 Å². The number of ketones is 1. The van der Waals surface area contributed by atoms with E-state index < -0.39 is 0 Å². The molecule has 0 saturated heterocycles. The smallest absolute Gasteiger partial charge is 0.168 e. The van der Waals surface area contributed by atoms with Gasteiger partial charge in [-0.3, -0.25) is 4.79 Å². The van der Waals surface area contributed by atoms with E-state index in [9.17, 15) is 4.79 Å². The van der Waals surface area contributed by atoms with E-state index in [2.05, 4.69) is 4.98 Å². The Hall–Kier alpha value is -1.57. The van der Waals surface area contributed by atoms with Crippen molar-refractivity contribution in [1.82, 2.24) is 4.98 Å². The molecule has 2 rings (SSSR count). The van der Waals surface area contributed by atoms with Crippen LogP contribution in [0.5, 0.6) is 0 Å². The number of hydrogen-bond acceptors (Lipinski definition) is 1. The first-order valence-electron chi connectivity index (χ1n) is 5.11. The zero-order valence-corrected chi connectivity index (χ0v) is 9.29. The molecule has 2 aromatic rings. The molecule has 1 aromatic carbocycles. The highest BCUT2D eigenvalue weighted by atomic mass is 16.1. The second-order valence-electron chi connectivity index (χ2n) is 4.82. The van der Waals surface area contributed by atoms with E-state index in [1.54, 1.807) is 0 Å². The van der Waals surface area contributed by atoms with Gasteiger partial charge < -0.3 is 4.98 Å². The van der Waals surface area contributed by atoms with Crippen LogP contribution in [-0.4, -0.2) is 10.8 Å². The predicted molar refractivity (Wildman–Crippen MR) is 62.1 cm³/mol. The standard InChI is InChI=1S/C13H15NO/c1-13(2,3)12(15)10-5-4-6-11-9(10)7-8-14-11/h4-8,14H,1-3H3. The first kappa shape index (κ1) is 9.97. The third kappa shape index (κ3) is 1.67. The van der Waals surface area contributed by atoms with E-state index >= 15 is 0 Å². The summed E-state index contributed by atoms with van der Waals surface area (Å²) in [6.07, 6.45) is 1.87. The van der Waals surface area contributed by atoms with Crippen LogP contribution < -0.4 is 0 Å². The van der Waals surface area contributed by atoms with Gasteiger partial charge in [-0.15, -0.1) is 0 Å². The molecule has 0 aliphatic carbocycles. The van der Waals surface area contributed by atoms with E-state index in [4.69, 9.17) is 0 Å². The molecule has 0 atom stereocenters. The van der Waals surface area contributed by atoms with Crippen LogP contribution in [0.4, 0.5) is 0 Å². The van der Waals surface area contributed by atoms with Gasteiger partial charge in [-0.2, -0.15) is 0 Å². The molecule has 0 unspecified atom stereocenters. The topological polar surface area (TPSA) is 32.9 Å². The van der Waals surface area contributed by atoms with Crippen LogP contribution in [0.3, 0.4) is 0 Å². The SMILES string of the molecule is CC(C)(C)C(=O)c1cccc2[nH]ccc12. The van der Waals surface area contributed by atoms with Crippen LogP contribution in [0.2, 0.25) is 0 Å². The van der Waals surface area contributed by atoms with Gasteiger partial charge in [0, 0.05) is 28.1 Å². The first-order valence-corrected chi connectivity index (χ1v) is 5.11. The van der Waals surface area contributed by atoms with E-state index in [1.165, 1.54) is 0 Å². The summed E-state index contributed by atoms with van der Waals surface area (Å²) in [5.74, 6) is 0.188. The Morgan fingerprint density at radius 1 is 1.20 bits per heavy atom. The Balaban J connectivity index is 2.62. The maximum Gasteiger partial charge on any atom is 0.168 e. The third-order valence-electron chi connectivity index (χ3n) is 2.52. The fourth-order valence-corrected chi connectivity index (χ4v) is 1.69. The highest BCUT2D eigenvalue weighted by molar-refractivity contribution is 6.09. The lowest BCUT2D eigenvalue weighted by molar-refractivity contribution is 0.0860. The van der Waals surface area contributed by atoms with E-state index in [-0.39, 0.29) is 11.2 Å². The highest BCUT2D eigenvalue weighted by Crippen LogP contribution is 2.26. The molecule has 0 aliphatic heterocycles. The van der Waals surface area contributed by atoms with Crippen molar-refractivity contribution in [2.24, 2.45) is 5.41 Å². The molecule has 0 fully saturated rings. The number of benzene rings is 1. The summed E-state index contributed by atoms with van der Waals surface area (Å²) in [5, 5.41) is 1.01. The maximum atomic E-state index is 12.2. The number of Topliss-reactive ketones (excluding diaryl/α,β-unsaturated/α-hetero) is 1. The molecule has 15 heavy (non-hydrogen) atoms. The minimum absolute atomic E-state index is 0.188. The lowest BCUT2D eigenvalue weighted by Gasteiger charge is -2.17. The molecule has 2 nitrogen and oxygen atoms in total. The number of fused-ring (bicyclic) bond motifs is 1. The van der Waals surface area contributed by atoms with Crippen LogP contribution in [0.15, 0.2) is 30.5 Å². The number of carbonyl (C=O) groups is 1. The summed E-state index contributed by atoms with van der Waals surface area (Å²) in [4.78, 5) is 15.3. The molecular formula is C13H15NO. The Bertz CT molecular complexity index is 502. The number of rotatable bonds is 1. The summed E-state index contributed by atoms with van der Waals surface area (Å²) in [7, 11) is 0. The molecule has 78 valence electrons. The zero-order chi connectivity index (χ0) is 11.1. The lowest BCUT2D eigenvalue weighted by atomic mass is 9.85. The van der Waals surface area contributed by atoms with Gasteiger partial charge >= 0.3 is 0 Å². The lowest BCUT2D eigenvalue weighted by Crippen LogP contribution is -2.20. The van der Waals surface area contributed by atoms with E-state index in [0.29, 0.717) is 0 Å². The normalized spacial score (nSPS) is 11.9. The van der Waals surface area contributed by atoms with Crippen LogP contribution >= 0.6 is 0 Å². The second-order valence-corrected chi connectivity index (χ2v) is 4.82. The fraction of sp³-hybridized carbons (Fsp3) is 0.308. The minimum Gasteiger partial charge on any atom is -0.361 e. The molecule has 0 radical (unpaired) electrons. The number of aromatic amines is 1. The van der Waals surface area contributed by atoms with Crippen molar-refractivity contribution in [3.63, 3.8) is 0 Å². The van der Waals surface area contributed by atoms with Crippen LogP contribution in [0.1, 0.15) is 31.1 Å². The minimum atomic E-state index is -0.328. The quantitative estimate of drug-likeness (QED) is 0.705. The number of carbonyl (C=O) groups excluding carboxylic acids is 1. The second kappa shape index (κ2) is 3.23. The number of H-pyrrole nitrogens is 1. The van der Waals surface area contributed by atoms with Crippen LogP contribution in [0, 0.1) is 5.41 Å². The largest absolute Gasteiger partial charge is 0.361 e. The van der Waals surface area contributed by atoms with Gasteiger partial charge in [0.2, 0.25) is 0 Å². The first-order chi connectivity index (χ1) is 7.00. The van der Waals surface area contributed by atoms with Crippen LogP contribution in [0.25, 0.3) is 10.9 Å². The Labute approximate surface area is 89.3 Å². The van der Waals surface area contributed by atoms with Gasteiger partial charge in [0.1, 0.15) is 0 Å². The van der Waals surface area contributed by atoms with Crippen molar-refractivity contribution in [1.29, 1.82) is 0 Å². The summed E-state index contributed by atoms with van der Waals surface area (Å²) in [6, 6.07) is 7.74. The van der Waals surface area contributed by atoms with Gasteiger partial charge in [-0.05, 0) is 12.1 Å². The maximum absolute atomic E-state index is 12.2. The molecule has 1 N–H and O–H groups in total. The summed E-state index contributed by atoms with van der Waals surface area (Å²) < 4.78 is 0. The van der Waals surface area contributed by atoms with Crippen molar-refractivity contribution in [2.75, 3.05) is 0 Å². The number of hydrogen-bond donors (Lipinski definition) is 1. The van der Waals surface area contributed by atoms with Gasteiger partial charge in [0.15, 0.2) is 5.78 Å². The molecular weight excluding hydrogens is 186 g/mol.